The van der Waals surface area contributed by atoms with Crippen molar-refractivity contribution in [2.45, 2.75) is 6.42 Å². The summed E-state index contributed by atoms with van der Waals surface area (Å²) in [7, 11) is 0. The Labute approximate surface area is 190 Å². The third-order valence-corrected chi connectivity index (χ3v) is 8.51. The zero-order valence-electron chi connectivity index (χ0n) is 17.8. The van der Waals surface area contributed by atoms with Crippen molar-refractivity contribution >= 4 is 34.9 Å². The number of anilines is 2. The highest BCUT2D eigenvalue weighted by molar-refractivity contribution is 6.11. The summed E-state index contributed by atoms with van der Waals surface area (Å²) in [5.74, 6) is 4.02. The topological polar surface area (TPSA) is 107 Å². The summed E-state index contributed by atoms with van der Waals surface area (Å²) in [5.41, 5.74) is 9.23. The molecule has 8 nitrogen and oxygen atoms in total. The molecule has 0 saturated heterocycles. The van der Waals surface area contributed by atoms with Gasteiger partial charge in [0.25, 0.3) is 0 Å². The van der Waals surface area contributed by atoms with Gasteiger partial charge in [-0.05, 0) is 54.4 Å². The minimum atomic E-state index is -0.319. The Morgan fingerprint density at radius 1 is 0.636 bits per heavy atom. The molecule has 0 radical (unpaired) electrons. The number of nitrogens with zero attached hydrogens (tertiary/aromatic N) is 2. The van der Waals surface area contributed by atoms with Gasteiger partial charge in [0.05, 0.1) is 0 Å². The van der Waals surface area contributed by atoms with E-state index in [-0.39, 0.29) is 12.1 Å². The van der Waals surface area contributed by atoms with Crippen LogP contribution in [0, 0.1) is 47.3 Å². The second-order valence-electron chi connectivity index (χ2n) is 9.76. The van der Waals surface area contributed by atoms with Crippen molar-refractivity contribution in [1.29, 1.82) is 0 Å². The number of fused-ring (bicyclic) bond motifs is 2. The number of hydrogen-bond acceptors (Lipinski definition) is 4. The number of hydrogen-bond donors (Lipinski definition) is 4. The van der Waals surface area contributed by atoms with Gasteiger partial charge in [0.15, 0.2) is 0 Å². The second-order valence-corrected chi connectivity index (χ2v) is 9.76. The fourth-order valence-corrected chi connectivity index (χ4v) is 7.75. The van der Waals surface area contributed by atoms with Crippen molar-refractivity contribution in [2.24, 2.45) is 57.5 Å². The molecule has 2 aromatic carbocycles. The minimum absolute atomic E-state index is 0.319. The molecule has 0 aromatic heterocycles. The SMILES string of the molecule is O=C(N/N=C1/[C@@H]2[C@H]3C[C@H]4[C@@H]2/C(=N/NC(=O)Nc2ccccc2)[C@@H]2[C@@H]1[C@H]3[C@@H]42)Nc1ccccc1. The van der Waals surface area contributed by atoms with E-state index in [0.717, 1.165) is 22.8 Å². The van der Waals surface area contributed by atoms with Gasteiger partial charge in [-0.3, -0.25) is 0 Å². The predicted molar refractivity (Wildman–Crippen MR) is 125 cm³/mol. The van der Waals surface area contributed by atoms with E-state index in [4.69, 9.17) is 0 Å². The van der Waals surface area contributed by atoms with Gasteiger partial charge < -0.3 is 10.6 Å². The molecule has 0 unspecified atom stereocenters. The molecule has 4 amide bonds. The van der Waals surface area contributed by atoms with Crippen molar-refractivity contribution in [2.75, 3.05) is 10.6 Å². The Bertz CT molecular complexity index is 1100. The number of nitrogens with one attached hydrogen (secondary N) is 4. The van der Waals surface area contributed by atoms with E-state index in [9.17, 15) is 9.59 Å². The summed E-state index contributed by atoms with van der Waals surface area (Å²) < 4.78 is 0. The Balaban J connectivity index is 1.07. The molecule has 0 aliphatic heterocycles. The van der Waals surface area contributed by atoms with E-state index in [1.165, 1.54) is 6.42 Å². The van der Waals surface area contributed by atoms with Crippen LogP contribution in [-0.2, 0) is 0 Å². The zero-order valence-corrected chi connectivity index (χ0v) is 17.8. The molecule has 0 spiro atoms. The highest BCUT2D eigenvalue weighted by atomic mass is 16.2. The lowest BCUT2D eigenvalue weighted by atomic mass is 9.59. The molecule has 5 aliphatic rings. The monoisotopic (exact) mass is 440 g/mol. The zero-order chi connectivity index (χ0) is 22.1. The van der Waals surface area contributed by atoms with Crippen molar-refractivity contribution in [1.82, 2.24) is 10.9 Å². The first kappa shape index (κ1) is 18.8. The van der Waals surface area contributed by atoms with Crippen LogP contribution in [0.3, 0.4) is 0 Å². The van der Waals surface area contributed by atoms with Crippen LogP contribution in [-0.4, -0.2) is 23.5 Å². The number of benzene rings is 2. The molecular weight excluding hydrogens is 416 g/mol. The molecule has 2 aromatic rings. The van der Waals surface area contributed by atoms with E-state index in [1.807, 2.05) is 60.7 Å². The van der Waals surface area contributed by atoms with Gasteiger partial charge in [0, 0.05) is 46.5 Å². The predicted octanol–water partition coefficient (Wildman–Crippen LogP) is 3.73. The molecule has 4 N–H and O–H groups in total. The van der Waals surface area contributed by atoms with Gasteiger partial charge in [0.1, 0.15) is 0 Å². The maximum Gasteiger partial charge on any atom is 0.339 e. The van der Waals surface area contributed by atoms with Gasteiger partial charge in [-0.25, -0.2) is 20.4 Å². The minimum Gasteiger partial charge on any atom is -0.307 e. The van der Waals surface area contributed by atoms with E-state index >= 15 is 0 Å². The van der Waals surface area contributed by atoms with Crippen molar-refractivity contribution in [3.8, 4) is 0 Å². The van der Waals surface area contributed by atoms with Crippen molar-refractivity contribution in [3.05, 3.63) is 60.7 Å². The average Bonchev–Trinajstić information content (AvgIpc) is 3.36. The lowest BCUT2D eigenvalue weighted by molar-refractivity contribution is 0.0654. The Morgan fingerprint density at radius 3 is 1.48 bits per heavy atom. The number of para-hydroxylation sites is 2. The summed E-state index contributed by atoms with van der Waals surface area (Å²) in [6.07, 6.45) is 1.22. The van der Waals surface area contributed by atoms with E-state index in [2.05, 4.69) is 31.7 Å². The number of hydrazone groups is 2. The highest BCUT2D eigenvalue weighted by Gasteiger charge is 2.82. The summed E-state index contributed by atoms with van der Waals surface area (Å²) in [6, 6.07) is 18.1. The molecule has 5 aliphatic carbocycles. The molecule has 33 heavy (non-hydrogen) atoms. The first-order chi connectivity index (χ1) is 16.2. The first-order valence-electron chi connectivity index (χ1n) is 11.6. The summed E-state index contributed by atoms with van der Waals surface area (Å²) in [6.45, 7) is 0. The molecule has 7 rings (SSSR count). The van der Waals surface area contributed by atoms with Crippen LogP contribution >= 0.6 is 0 Å². The average molecular weight is 441 g/mol. The fraction of sp³-hybridized carbons (Fsp3) is 0.360. The molecule has 8 heteroatoms. The second kappa shape index (κ2) is 6.91. The normalized spacial score (nSPS) is 37.9. The van der Waals surface area contributed by atoms with Crippen LogP contribution in [0.1, 0.15) is 6.42 Å². The molecule has 2 bridgehead atoms. The molecule has 5 fully saturated rings. The quantitative estimate of drug-likeness (QED) is 0.544. The summed E-state index contributed by atoms with van der Waals surface area (Å²) in [4.78, 5) is 24.7. The lowest BCUT2D eigenvalue weighted by Gasteiger charge is -2.44. The molecular formula is C25H24N6O2. The fourth-order valence-electron chi connectivity index (χ4n) is 7.75. The smallest absolute Gasteiger partial charge is 0.307 e. The third kappa shape index (κ3) is 2.63. The summed E-state index contributed by atoms with van der Waals surface area (Å²) in [5, 5.41) is 14.9. The Kier molecular flexibility index (Phi) is 3.95. The first-order valence-corrected chi connectivity index (χ1v) is 11.6. The van der Waals surface area contributed by atoms with E-state index in [0.29, 0.717) is 47.3 Å². The van der Waals surface area contributed by atoms with Crippen LogP contribution in [0.25, 0.3) is 0 Å². The Hall–Kier alpha value is -3.68. The third-order valence-electron chi connectivity index (χ3n) is 8.51. The van der Waals surface area contributed by atoms with Crippen molar-refractivity contribution in [3.63, 3.8) is 0 Å². The van der Waals surface area contributed by atoms with Crippen LogP contribution in [0.15, 0.2) is 70.9 Å². The number of rotatable bonds is 4. The van der Waals surface area contributed by atoms with Gasteiger partial charge >= 0.3 is 12.1 Å². The highest BCUT2D eigenvalue weighted by Crippen LogP contribution is 2.80. The van der Waals surface area contributed by atoms with Gasteiger partial charge in [-0.15, -0.1) is 0 Å². The van der Waals surface area contributed by atoms with Gasteiger partial charge in [-0.2, -0.15) is 10.2 Å². The molecule has 8 atom stereocenters. The van der Waals surface area contributed by atoms with Crippen molar-refractivity contribution < 1.29 is 9.59 Å². The van der Waals surface area contributed by atoms with E-state index in [1.54, 1.807) is 0 Å². The maximum atomic E-state index is 12.3. The van der Waals surface area contributed by atoms with Gasteiger partial charge in [-0.1, -0.05) is 36.4 Å². The van der Waals surface area contributed by atoms with Crippen LogP contribution < -0.4 is 21.5 Å². The van der Waals surface area contributed by atoms with Gasteiger partial charge in [0.2, 0.25) is 0 Å². The number of amides is 4. The summed E-state index contributed by atoms with van der Waals surface area (Å²) >= 11 is 0. The molecule has 166 valence electrons. The molecule has 5 saturated carbocycles. The van der Waals surface area contributed by atoms with E-state index < -0.39 is 0 Å². The van der Waals surface area contributed by atoms with Crippen LogP contribution in [0.4, 0.5) is 21.0 Å². The van der Waals surface area contributed by atoms with Crippen LogP contribution in [0.5, 0.6) is 0 Å². The largest absolute Gasteiger partial charge is 0.339 e. The Morgan fingerprint density at radius 2 is 1.06 bits per heavy atom. The van der Waals surface area contributed by atoms with Crippen LogP contribution in [0.2, 0.25) is 0 Å². The maximum absolute atomic E-state index is 12.3. The number of carbonyl (C=O) groups is 2. The molecule has 0 heterocycles. The lowest BCUT2D eigenvalue weighted by Crippen LogP contribution is -2.49. The standard InChI is InChI=1S/C25H24N6O2/c32-24(26-12-7-3-1-4-8-12)30-28-22-18-14-11-15-17-16(14)20(22)21(17)23(19(15)18)29-31-25(33)27-13-9-5-2-6-10-13/h1-10,14-21H,11H2,(H2,26,30,32)(H2,27,31,33)/b28-22-,29-23-/t14-,15+,16-,17-,18+,19-,20+,21+/m1/s1. The number of urea groups is 2. The number of carbonyl (C=O) groups excluding carboxylic acids is 2.